The number of fused-ring (bicyclic) bond motifs is 1. The fourth-order valence-electron chi connectivity index (χ4n) is 2.43. The van der Waals surface area contributed by atoms with Crippen molar-refractivity contribution in [3.05, 3.63) is 56.2 Å². The van der Waals surface area contributed by atoms with Crippen molar-refractivity contribution in [2.24, 2.45) is 4.99 Å². The number of hydrogen-bond acceptors (Lipinski definition) is 7. The van der Waals surface area contributed by atoms with E-state index >= 15 is 0 Å². The van der Waals surface area contributed by atoms with Gasteiger partial charge in [0.05, 0.1) is 26.6 Å². The summed E-state index contributed by atoms with van der Waals surface area (Å²) in [6.45, 7) is 0.158. The van der Waals surface area contributed by atoms with E-state index in [1.165, 1.54) is 36.4 Å². The summed E-state index contributed by atoms with van der Waals surface area (Å²) in [5, 5.41) is 10.7. The lowest BCUT2D eigenvalue weighted by molar-refractivity contribution is -0.380. The maximum Gasteiger partial charge on any atom is 0.324 e. The van der Waals surface area contributed by atoms with E-state index in [0.29, 0.717) is 19.9 Å². The van der Waals surface area contributed by atoms with Gasteiger partial charge in [-0.05, 0) is 30.3 Å². The predicted octanol–water partition coefficient (Wildman–Crippen LogP) is 2.85. The molecule has 0 aliphatic heterocycles. The number of carbonyl (C=O) groups excluding carboxylic acids is 1. The van der Waals surface area contributed by atoms with Gasteiger partial charge in [0, 0.05) is 23.3 Å². The summed E-state index contributed by atoms with van der Waals surface area (Å²) in [5.41, 5.74) is 0.671. The molecule has 0 saturated heterocycles. The molecule has 148 valence electrons. The molecule has 11 heteroatoms. The molecule has 2 heterocycles. The van der Waals surface area contributed by atoms with Gasteiger partial charge < -0.3 is 4.57 Å². The van der Waals surface area contributed by atoms with E-state index in [1.54, 1.807) is 10.6 Å². The number of sulfone groups is 1. The van der Waals surface area contributed by atoms with Gasteiger partial charge in [-0.25, -0.2) is 8.42 Å². The van der Waals surface area contributed by atoms with Crippen LogP contribution in [-0.2, 0) is 21.2 Å². The van der Waals surface area contributed by atoms with E-state index in [-0.39, 0.29) is 16.4 Å². The van der Waals surface area contributed by atoms with E-state index in [4.69, 9.17) is 6.42 Å². The minimum absolute atomic E-state index is 0.0212. The van der Waals surface area contributed by atoms with Crippen molar-refractivity contribution in [3.63, 3.8) is 0 Å². The van der Waals surface area contributed by atoms with E-state index in [9.17, 15) is 23.3 Å². The van der Waals surface area contributed by atoms with E-state index in [1.807, 2.05) is 0 Å². The SMILES string of the molecule is C#CCn1c(=NC(=O)/C=C\c2ccc([N+](=O)[O-])s2)sc2cc(S(C)(=O)=O)ccc21. The highest BCUT2D eigenvalue weighted by atomic mass is 32.2. The number of rotatable bonds is 5. The van der Waals surface area contributed by atoms with Crippen molar-refractivity contribution in [2.45, 2.75) is 11.4 Å². The van der Waals surface area contributed by atoms with E-state index in [0.717, 1.165) is 28.9 Å². The highest BCUT2D eigenvalue weighted by Crippen LogP contribution is 2.25. The molecule has 0 fully saturated rings. The average molecular weight is 448 g/mol. The molecule has 3 rings (SSSR count). The summed E-state index contributed by atoms with van der Waals surface area (Å²) in [4.78, 5) is 27.5. The van der Waals surface area contributed by atoms with Gasteiger partial charge in [0.2, 0.25) is 0 Å². The number of hydrogen-bond donors (Lipinski definition) is 0. The van der Waals surface area contributed by atoms with Crippen molar-refractivity contribution in [1.29, 1.82) is 0 Å². The van der Waals surface area contributed by atoms with Gasteiger partial charge >= 0.3 is 5.00 Å². The third-order valence-electron chi connectivity index (χ3n) is 3.72. The van der Waals surface area contributed by atoms with Crippen LogP contribution >= 0.6 is 22.7 Å². The van der Waals surface area contributed by atoms with Crippen LogP contribution in [0, 0.1) is 22.5 Å². The molecule has 1 aromatic carbocycles. The molecule has 0 atom stereocenters. The van der Waals surface area contributed by atoms with Crippen molar-refractivity contribution < 1.29 is 18.1 Å². The number of amides is 1. The van der Waals surface area contributed by atoms with Gasteiger partial charge in [-0.15, -0.1) is 6.42 Å². The number of nitrogens with zero attached hydrogens (tertiary/aromatic N) is 3. The molecule has 2 aromatic heterocycles. The molecule has 0 aliphatic carbocycles. The Kier molecular flexibility index (Phi) is 5.78. The minimum Gasteiger partial charge on any atom is -0.305 e. The highest BCUT2D eigenvalue weighted by Gasteiger charge is 2.12. The van der Waals surface area contributed by atoms with Gasteiger partial charge in [-0.3, -0.25) is 14.9 Å². The van der Waals surface area contributed by atoms with Crippen LogP contribution < -0.4 is 4.80 Å². The fraction of sp³-hybridized carbons (Fsp3) is 0.111. The van der Waals surface area contributed by atoms with Crippen LogP contribution in [0.25, 0.3) is 16.3 Å². The van der Waals surface area contributed by atoms with Gasteiger partial charge in [0.25, 0.3) is 5.91 Å². The maximum absolute atomic E-state index is 12.2. The first-order valence-corrected chi connectivity index (χ1v) is 11.5. The molecule has 0 saturated carbocycles. The normalized spacial score (nSPS) is 12.5. The van der Waals surface area contributed by atoms with Gasteiger partial charge in [-0.1, -0.05) is 28.6 Å². The van der Waals surface area contributed by atoms with Crippen LogP contribution in [-0.4, -0.2) is 30.1 Å². The Balaban J connectivity index is 2.00. The summed E-state index contributed by atoms with van der Waals surface area (Å²) in [6, 6.07) is 7.53. The molecular weight excluding hydrogens is 434 g/mol. The molecule has 0 aliphatic rings. The lowest BCUT2D eigenvalue weighted by atomic mass is 10.3. The Morgan fingerprint density at radius 2 is 2.10 bits per heavy atom. The van der Waals surface area contributed by atoms with Crippen LogP contribution in [0.5, 0.6) is 0 Å². The number of terminal acetylenes is 1. The molecule has 0 unspecified atom stereocenters. The molecule has 0 N–H and O–H groups in total. The van der Waals surface area contributed by atoms with Crippen molar-refractivity contribution in [3.8, 4) is 12.3 Å². The van der Waals surface area contributed by atoms with Crippen LogP contribution in [0.2, 0.25) is 0 Å². The van der Waals surface area contributed by atoms with Crippen LogP contribution in [0.4, 0.5) is 5.00 Å². The van der Waals surface area contributed by atoms with Crippen molar-refractivity contribution in [2.75, 3.05) is 6.26 Å². The second-order valence-electron chi connectivity index (χ2n) is 5.79. The zero-order valence-electron chi connectivity index (χ0n) is 14.9. The number of carbonyl (C=O) groups is 1. The van der Waals surface area contributed by atoms with Crippen molar-refractivity contribution >= 4 is 59.7 Å². The number of thiophene rings is 1. The number of nitro groups is 1. The second-order valence-corrected chi connectivity index (χ2v) is 9.91. The van der Waals surface area contributed by atoms with Crippen LogP contribution in [0.15, 0.2) is 46.3 Å². The summed E-state index contributed by atoms with van der Waals surface area (Å²) in [5.74, 6) is 1.92. The summed E-state index contributed by atoms with van der Waals surface area (Å²) in [6.07, 6.45) is 9.19. The van der Waals surface area contributed by atoms with Crippen LogP contribution in [0.3, 0.4) is 0 Å². The molecule has 3 aromatic rings. The highest BCUT2D eigenvalue weighted by molar-refractivity contribution is 7.90. The third-order valence-corrected chi connectivity index (χ3v) is 6.87. The fourth-order valence-corrected chi connectivity index (χ4v) is 4.95. The first-order chi connectivity index (χ1) is 13.7. The first kappa shape index (κ1) is 20.7. The topological polar surface area (TPSA) is 112 Å². The molecule has 0 bridgehead atoms. The van der Waals surface area contributed by atoms with E-state index < -0.39 is 20.7 Å². The molecule has 0 radical (unpaired) electrons. The van der Waals surface area contributed by atoms with Gasteiger partial charge in [-0.2, -0.15) is 4.99 Å². The zero-order chi connectivity index (χ0) is 21.2. The monoisotopic (exact) mass is 447 g/mol. The van der Waals surface area contributed by atoms with E-state index in [2.05, 4.69) is 10.9 Å². The van der Waals surface area contributed by atoms with Crippen LogP contribution in [0.1, 0.15) is 4.88 Å². The van der Waals surface area contributed by atoms with Gasteiger partial charge in [0.15, 0.2) is 14.6 Å². The molecular formula is C18H13N3O5S3. The van der Waals surface area contributed by atoms with Crippen molar-refractivity contribution in [1.82, 2.24) is 4.57 Å². The Morgan fingerprint density at radius 3 is 2.72 bits per heavy atom. The molecule has 1 amide bonds. The second kappa shape index (κ2) is 8.12. The van der Waals surface area contributed by atoms with Gasteiger partial charge in [0.1, 0.15) is 0 Å². The molecule has 29 heavy (non-hydrogen) atoms. The number of benzene rings is 1. The maximum atomic E-state index is 12.2. The Labute approximate surface area is 173 Å². The Bertz CT molecular complexity index is 1370. The minimum atomic E-state index is -3.38. The smallest absolute Gasteiger partial charge is 0.305 e. The Morgan fingerprint density at radius 1 is 1.34 bits per heavy atom. The largest absolute Gasteiger partial charge is 0.324 e. The average Bonchev–Trinajstić information content (AvgIpc) is 3.24. The number of aromatic nitrogens is 1. The number of thiazole rings is 1. The quantitative estimate of drug-likeness (QED) is 0.258. The lowest BCUT2D eigenvalue weighted by Crippen LogP contribution is -2.15. The zero-order valence-corrected chi connectivity index (χ0v) is 17.4. The summed E-state index contributed by atoms with van der Waals surface area (Å²) >= 11 is 2.09. The standard InChI is InChI=1S/C18H13N3O5S3/c1-3-10-20-14-7-6-13(29(2,25)26)11-15(14)28-18(20)19-16(22)8-4-12-5-9-17(27-12)21(23)24/h1,4-9,11H,10H2,2H3/b8-4-,19-18?. The summed E-state index contributed by atoms with van der Waals surface area (Å²) in [7, 11) is -3.38. The first-order valence-electron chi connectivity index (χ1n) is 7.97. The third kappa shape index (κ3) is 4.68. The lowest BCUT2D eigenvalue weighted by Gasteiger charge is -2.01. The summed E-state index contributed by atoms with van der Waals surface area (Å²) < 4.78 is 25.8. The predicted molar refractivity (Wildman–Crippen MR) is 112 cm³/mol. The molecule has 0 spiro atoms. The molecule has 8 nitrogen and oxygen atoms in total. The Hall–Kier alpha value is -3.07.